The zero-order valence-corrected chi connectivity index (χ0v) is 12.1. The van der Waals surface area contributed by atoms with E-state index in [4.69, 9.17) is 0 Å². The van der Waals surface area contributed by atoms with E-state index in [1.54, 1.807) is 0 Å². The smallest absolute Gasteiger partial charge is 0.529 e. The molecule has 7 heteroatoms. The maximum atomic E-state index is 10.7. The van der Waals surface area contributed by atoms with Gasteiger partial charge in [-0.1, -0.05) is 0 Å². The number of carbonyl (C=O) groups is 1. The summed E-state index contributed by atoms with van der Waals surface area (Å²) in [5.74, 6) is 0. The molecule has 0 radical (unpaired) electrons. The minimum atomic E-state index is -1.67. The quantitative estimate of drug-likeness (QED) is 0.502. The van der Waals surface area contributed by atoms with Crippen LogP contribution in [0.2, 0.25) is 0 Å². The Bertz CT molecular complexity index is 433. The molecule has 1 heterocycles. The van der Waals surface area contributed by atoms with Gasteiger partial charge < -0.3 is 9.90 Å². The number of H-pyrrole nitrogens is 1. The molecule has 1 aromatic rings. The number of rotatable bonds is 0. The molecule has 64 valence electrons. The SMILES string of the molecule is Cc1cn(C(=O)[O-])c(=O)[nH]c1=O.[Rb+]. The Hall–Kier alpha value is -0.0448. The summed E-state index contributed by atoms with van der Waals surface area (Å²) in [5.41, 5.74) is -1.47. The van der Waals surface area contributed by atoms with Crippen molar-refractivity contribution in [2.24, 2.45) is 0 Å². The third kappa shape index (κ3) is 2.98. The topological polar surface area (TPSA) is 95.0 Å². The van der Waals surface area contributed by atoms with Gasteiger partial charge in [-0.15, -0.1) is 0 Å². The molecular formula is C6H5N2O4Rb. The zero-order valence-electron chi connectivity index (χ0n) is 7.16. The van der Waals surface area contributed by atoms with E-state index in [1.165, 1.54) is 6.92 Å². The Labute approximate surface area is 121 Å². The van der Waals surface area contributed by atoms with E-state index < -0.39 is 17.3 Å². The molecule has 6 nitrogen and oxygen atoms in total. The molecule has 0 spiro atoms. The van der Waals surface area contributed by atoms with Crippen molar-refractivity contribution in [3.8, 4) is 0 Å². The van der Waals surface area contributed by atoms with Gasteiger partial charge in [-0.25, -0.2) is 4.79 Å². The van der Waals surface area contributed by atoms with Crippen molar-refractivity contribution < 1.29 is 68.1 Å². The van der Waals surface area contributed by atoms with Crippen LogP contribution in [0.4, 0.5) is 4.79 Å². The van der Waals surface area contributed by atoms with Gasteiger partial charge in [0.2, 0.25) is 0 Å². The van der Waals surface area contributed by atoms with Gasteiger partial charge in [0.25, 0.3) is 5.56 Å². The molecule has 0 bridgehead atoms. The van der Waals surface area contributed by atoms with Gasteiger partial charge in [0, 0.05) is 11.8 Å². The van der Waals surface area contributed by atoms with Crippen molar-refractivity contribution >= 4 is 6.09 Å². The number of aryl methyl sites for hydroxylation is 1. The molecule has 0 amide bonds. The minimum Gasteiger partial charge on any atom is -0.529 e. The average molecular weight is 255 g/mol. The van der Waals surface area contributed by atoms with Crippen LogP contribution in [0.3, 0.4) is 0 Å². The second kappa shape index (κ2) is 4.99. The van der Waals surface area contributed by atoms with Crippen molar-refractivity contribution in [3.05, 3.63) is 32.6 Å². The van der Waals surface area contributed by atoms with Crippen LogP contribution in [-0.2, 0) is 0 Å². The van der Waals surface area contributed by atoms with Crippen LogP contribution in [0.1, 0.15) is 5.56 Å². The summed E-state index contributed by atoms with van der Waals surface area (Å²) < 4.78 is 0.302. The predicted octanol–water partition coefficient (Wildman–Crippen LogP) is -4.96. The van der Waals surface area contributed by atoms with E-state index in [2.05, 4.69) is 0 Å². The van der Waals surface area contributed by atoms with Gasteiger partial charge in [-0.05, 0) is 6.92 Å². The second-order valence-electron chi connectivity index (χ2n) is 2.21. The summed E-state index contributed by atoms with van der Waals surface area (Å²) in [5, 5.41) is 10.2. The first-order chi connectivity index (χ1) is 5.52. The van der Waals surface area contributed by atoms with Crippen LogP contribution in [-0.4, -0.2) is 15.6 Å². The molecule has 0 aliphatic rings. The standard InChI is InChI=1S/C6H6N2O4.Rb/c1-3-2-8(6(11)12)5(10)7-4(3)9;/h2H,1H3,(H,11,12)(H,7,9,10);/q;+1/p-1. The number of hydrogen-bond donors (Lipinski definition) is 1. The molecule has 0 atom stereocenters. The predicted molar refractivity (Wildman–Crippen MR) is 36.9 cm³/mol. The van der Waals surface area contributed by atoms with Gasteiger partial charge in [-0.2, -0.15) is 0 Å². The maximum Gasteiger partial charge on any atom is 1.00 e. The molecular weight excluding hydrogens is 250 g/mol. The Kier molecular flexibility index (Phi) is 4.97. The van der Waals surface area contributed by atoms with E-state index in [0.717, 1.165) is 6.20 Å². The Morgan fingerprint density at radius 1 is 1.54 bits per heavy atom. The number of nitrogens with one attached hydrogen (secondary N) is 1. The third-order valence-corrected chi connectivity index (χ3v) is 1.32. The van der Waals surface area contributed by atoms with Crippen LogP contribution in [0, 0.1) is 6.92 Å². The summed E-state index contributed by atoms with van der Waals surface area (Å²) in [6.07, 6.45) is -0.754. The van der Waals surface area contributed by atoms with Crippen molar-refractivity contribution in [2.45, 2.75) is 6.92 Å². The molecule has 0 fully saturated rings. The van der Waals surface area contributed by atoms with Crippen molar-refractivity contribution in [1.29, 1.82) is 0 Å². The van der Waals surface area contributed by atoms with E-state index in [1.807, 2.05) is 4.98 Å². The fourth-order valence-corrected chi connectivity index (χ4v) is 0.702. The van der Waals surface area contributed by atoms with Gasteiger partial charge in [0.05, 0.1) is 0 Å². The number of hydrogen-bond acceptors (Lipinski definition) is 4. The number of carbonyl (C=O) groups excluding carboxylic acids is 1. The molecule has 1 N–H and O–H groups in total. The number of aromatic nitrogens is 2. The fourth-order valence-electron chi connectivity index (χ4n) is 0.702. The molecule has 0 unspecified atom stereocenters. The van der Waals surface area contributed by atoms with Gasteiger partial charge in [0.1, 0.15) is 6.09 Å². The molecule has 0 saturated heterocycles. The van der Waals surface area contributed by atoms with Crippen LogP contribution >= 0.6 is 0 Å². The number of aromatic amines is 1. The van der Waals surface area contributed by atoms with E-state index in [9.17, 15) is 19.5 Å². The summed E-state index contributed by atoms with van der Waals surface area (Å²) in [7, 11) is 0. The first-order valence-corrected chi connectivity index (χ1v) is 3.06. The summed E-state index contributed by atoms with van der Waals surface area (Å²) in [6, 6.07) is 0. The molecule has 0 aromatic carbocycles. The molecule has 0 aliphatic heterocycles. The van der Waals surface area contributed by atoms with Crippen LogP contribution in [0.15, 0.2) is 15.8 Å². The van der Waals surface area contributed by atoms with Gasteiger partial charge in [-0.3, -0.25) is 14.3 Å². The summed E-state index contributed by atoms with van der Waals surface area (Å²) in [4.78, 5) is 33.5. The van der Waals surface area contributed by atoms with E-state index >= 15 is 0 Å². The Morgan fingerprint density at radius 3 is 2.54 bits per heavy atom. The fraction of sp³-hybridized carbons (Fsp3) is 0.167. The largest absolute Gasteiger partial charge is 1.00 e. The van der Waals surface area contributed by atoms with E-state index in [-0.39, 0.29) is 63.8 Å². The van der Waals surface area contributed by atoms with Crippen molar-refractivity contribution in [1.82, 2.24) is 9.55 Å². The maximum absolute atomic E-state index is 10.7. The zero-order chi connectivity index (χ0) is 9.30. The summed E-state index contributed by atoms with van der Waals surface area (Å²) >= 11 is 0. The average Bonchev–Trinajstić information content (AvgIpc) is 1.96. The third-order valence-electron chi connectivity index (χ3n) is 1.32. The second-order valence-corrected chi connectivity index (χ2v) is 2.21. The molecule has 0 aliphatic carbocycles. The monoisotopic (exact) mass is 254 g/mol. The Morgan fingerprint density at radius 2 is 2.08 bits per heavy atom. The van der Waals surface area contributed by atoms with Crippen LogP contribution < -0.4 is 74.5 Å². The molecule has 1 aromatic heterocycles. The van der Waals surface area contributed by atoms with Crippen LogP contribution in [0.5, 0.6) is 0 Å². The molecule has 0 saturated carbocycles. The first kappa shape index (κ1) is 13.0. The summed E-state index contributed by atoms with van der Waals surface area (Å²) in [6.45, 7) is 1.39. The number of nitrogens with zero attached hydrogens (tertiary/aromatic N) is 1. The van der Waals surface area contributed by atoms with Gasteiger partial charge in [0.15, 0.2) is 0 Å². The minimum absolute atomic E-state index is 0. The molecule has 1 rings (SSSR count). The molecule has 13 heavy (non-hydrogen) atoms. The number of carboxylic acid groups (broad SMARTS) is 1. The van der Waals surface area contributed by atoms with Crippen LogP contribution in [0.25, 0.3) is 0 Å². The van der Waals surface area contributed by atoms with E-state index in [0.29, 0.717) is 4.57 Å². The normalized spacial score (nSPS) is 9.00. The van der Waals surface area contributed by atoms with Crippen molar-refractivity contribution in [3.63, 3.8) is 0 Å². The van der Waals surface area contributed by atoms with Gasteiger partial charge >= 0.3 is 63.9 Å². The Balaban J connectivity index is 0.00000144. The first-order valence-electron chi connectivity index (χ1n) is 3.06. The van der Waals surface area contributed by atoms with Crippen molar-refractivity contribution in [2.75, 3.05) is 0 Å².